The van der Waals surface area contributed by atoms with Crippen LogP contribution in [-0.2, 0) is 10.3 Å². The minimum absolute atomic E-state index is 0.380. The molecule has 0 heterocycles. The molecule has 0 saturated heterocycles. The van der Waals surface area contributed by atoms with E-state index in [9.17, 15) is 4.79 Å². The Hall–Kier alpha value is -2.66. The molecule has 27 heavy (non-hydrogen) atoms. The van der Waals surface area contributed by atoms with E-state index < -0.39 is 11.7 Å². The molecule has 3 aromatic rings. The van der Waals surface area contributed by atoms with Crippen LogP contribution in [0.3, 0.4) is 0 Å². The Morgan fingerprint density at radius 1 is 0.852 bits per heavy atom. The number of benzene rings is 3. The summed E-state index contributed by atoms with van der Waals surface area (Å²) < 4.78 is 0. The molecule has 0 fully saturated rings. The Kier molecular flexibility index (Phi) is 6.24. The van der Waals surface area contributed by atoms with Gasteiger partial charge in [-0.25, -0.2) is 0 Å². The molecule has 0 aliphatic rings. The molecule has 1 amide bonds. The van der Waals surface area contributed by atoms with Crippen molar-refractivity contribution < 1.29 is 4.79 Å². The fourth-order valence-electron chi connectivity index (χ4n) is 3.29. The lowest BCUT2D eigenvalue weighted by molar-refractivity contribution is -0.110. The van der Waals surface area contributed by atoms with E-state index >= 15 is 0 Å². The number of halogens is 1. The Morgan fingerprint density at radius 3 is 1.81 bits per heavy atom. The van der Waals surface area contributed by atoms with Gasteiger partial charge in [-0.15, -0.1) is 0 Å². The molecule has 3 rings (SSSR count). The molecular weight excluding hydrogens is 358 g/mol. The molecule has 4 N–H and O–H groups in total. The monoisotopic (exact) mass is 379 g/mol. The Bertz CT molecular complexity index is 814. The van der Waals surface area contributed by atoms with Crippen LogP contribution in [-0.4, -0.2) is 19.1 Å². The van der Waals surface area contributed by atoms with Crippen molar-refractivity contribution in [3.63, 3.8) is 0 Å². The minimum atomic E-state index is -0.644. The third kappa shape index (κ3) is 4.19. The Balaban J connectivity index is 2.18. The summed E-state index contributed by atoms with van der Waals surface area (Å²) in [6.07, 6.45) is 0.100. The van der Waals surface area contributed by atoms with Crippen molar-refractivity contribution in [2.75, 3.05) is 6.54 Å². The summed E-state index contributed by atoms with van der Waals surface area (Å²) in [5.41, 5.74) is 8.54. The van der Waals surface area contributed by atoms with Gasteiger partial charge in [-0.05, 0) is 28.8 Å². The second kappa shape index (κ2) is 8.82. The van der Waals surface area contributed by atoms with E-state index in [0.717, 1.165) is 16.7 Å². The summed E-state index contributed by atoms with van der Waals surface area (Å²) in [5, 5.41) is 6.87. The van der Waals surface area contributed by atoms with Gasteiger partial charge in [-0.1, -0.05) is 84.4 Å². The zero-order valence-corrected chi connectivity index (χ0v) is 15.6. The predicted molar refractivity (Wildman–Crippen MR) is 109 cm³/mol. The summed E-state index contributed by atoms with van der Waals surface area (Å²) in [5.74, 6) is 0. The van der Waals surface area contributed by atoms with Crippen molar-refractivity contribution in [1.29, 1.82) is 0 Å². The average Bonchev–Trinajstić information content (AvgIpc) is 2.71. The number of hydrogen-bond acceptors (Lipinski definition) is 3. The lowest BCUT2D eigenvalue weighted by Gasteiger charge is -2.38. The third-order valence-corrected chi connectivity index (χ3v) is 4.81. The van der Waals surface area contributed by atoms with E-state index in [0.29, 0.717) is 18.0 Å². The topological polar surface area (TPSA) is 67.2 Å². The molecule has 3 aromatic carbocycles. The summed E-state index contributed by atoms with van der Waals surface area (Å²) >= 11 is 6.13. The fraction of sp³-hybridized carbons (Fsp3) is 0.136. The number of nitrogens with one attached hydrogen (secondary N) is 2. The van der Waals surface area contributed by atoms with Crippen LogP contribution in [0.25, 0.3) is 0 Å². The number of amides is 1. The number of carbonyl (C=O) groups excluding carboxylic acids is 1. The standard InChI is InChI=1S/C22H22ClN3O/c23-20-13-11-19(12-14-20)22(17-7-3-1-4-8-17,18-9-5-2-6-10-18)26-15-21(24)25-16-27/h1-14,16,21,26H,15,24H2,(H,25,27). The van der Waals surface area contributed by atoms with Crippen LogP contribution in [0.5, 0.6) is 0 Å². The van der Waals surface area contributed by atoms with E-state index in [-0.39, 0.29) is 0 Å². The van der Waals surface area contributed by atoms with Gasteiger partial charge in [0.15, 0.2) is 0 Å². The average molecular weight is 380 g/mol. The summed E-state index contributed by atoms with van der Waals surface area (Å²) in [6.45, 7) is 0.380. The smallest absolute Gasteiger partial charge is 0.208 e. The second-order valence-electron chi connectivity index (χ2n) is 6.26. The molecule has 0 aliphatic heterocycles. The molecule has 1 atom stereocenters. The van der Waals surface area contributed by atoms with Gasteiger partial charge in [0, 0.05) is 11.6 Å². The van der Waals surface area contributed by atoms with Crippen LogP contribution >= 0.6 is 11.6 Å². The van der Waals surface area contributed by atoms with Gasteiger partial charge in [0.25, 0.3) is 0 Å². The van der Waals surface area contributed by atoms with E-state index in [1.54, 1.807) is 0 Å². The maximum atomic E-state index is 10.8. The van der Waals surface area contributed by atoms with Gasteiger partial charge in [0.05, 0.1) is 11.7 Å². The first-order valence-electron chi connectivity index (χ1n) is 8.74. The number of rotatable bonds is 8. The summed E-state index contributed by atoms with van der Waals surface area (Å²) in [7, 11) is 0. The molecule has 0 aromatic heterocycles. The first-order valence-corrected chi connectivity index (χ1v) is 9.12. The van der Waals surface area contributed by atoms with Crippen molar-refractivity contribution in [2.45, 2.75) is 11.7 Å². The van der Waals surface area contributed by atoms with Gasteiger partial charge in [0.1, 0.15) is 0 Å². The van der Waals surface area contributed by atoms with Crippen LogP contribution in [0.4, 0.5) is 0 Å². The quantitative estimate of drug-likeness (QED) is 0.320. The van der Waals surface area contributed by atoms with Crippen molar-refractivity contribution >= 4 is 18.0 Å². The van der Waals surface area contributed by atoms with Crippen LogP contribution < -0.4 is 16.4 Å². The van der Waals surface area contributed by atoms with Crippen LogP contribution in [0.2, 0.25) is 5.02 Å². The van der Waals surface area contributed by atoms with Gasteiger partial charge in [-0.2, -0.15) is 0 Å². The van der Waals surface area contributed by atoms with Crippen LogP contribution in [0, 0.1) is 0 Å². The third-order valence-electron chi connectivity index (χ3n) is 4.56. The van der Waals surface area contributed by atoms with Crippen molar-refractivity contribution in [3.05, 3.63) is 107 Å². The largest absolute Gasteiger partial charge is 0.342 e. The highest BCUT2D eigenvalue weighted by molar-refractivity contribution is 6.30. The Morgan fingerprint density at radius 2 is 1.33 bits per heavy atom. The van der Waals surface area contributed by atoms with Crippen molar-refractivity contribution in [2.24, 2.45) is 5.73 Å². The zero-order valence-electron chi connectivity index (χ0n) is 14.8. The molecule has 0 saturated carbocycles. The number of carbonyl (C=O) groups is 1. The molecule has 138 valence electrons. The van der Waals surface area contributed by atoms with E-state index in [2.05, 4.69) is 34.9 Å². The zero-order chi connectivity index (χ0) is 19.1. The molecule has 0 radical (unpaired) electrons. The molecule has 5 heteroatoms. The SMILES string of the molecule is NC(CNC(c1ccccc1)(c1ccccc1)c1ccc(Cl)cc1)NC=O. The number of nitrogens with two attached hydrogens (primary N) is 1. The van der Waals surface area contributed by atoms with Crippen LogP contribution in [0.1, 0.15) is 16.7 Å². The maximum absolute atomic E-state index is 10.8. The lowest BCUT2D eigenvalue weighted by Crippen LogP contribution is -2.53. The van der Waals surface area contributed by atoms with E-state index in [1.807, 2.05) is 60.7 Å². The predicted octanol–water partition coefficient (Wildman–Crippen LogP) is 3.25. The first-order chi connectivity index (χ1) is 13.2. The molecule has 0 bridgehead atoms. The van der Waals surface area contributed by atoms with Gasteiger partial charge in [0.2, 0.25) is 6.41 Å². The Labute approximate surface area is 164 Å². The highest BCUT2D eigenvalue weighted by atomic mass is 35.5. The van der Waals surface area contributed by atoms with Gasteiger partial charge in [-0.3, -0.25) is 10.1 Å². The van der Waals surface area contributed by atoms with E-state index in [1.165, 1.54) is 0 Å². The van der Waals surface area contributed by atoms with Gasteiger partial charge < -0.3 is 11.1 Å². The summed E-state index contributed by atoms with van der Waals surface area (Å²) in [6, 6.07) is 28.1. The maximum Gasteiger partial charge on any atom is 0.208 e. The normalized spacial score (nSPS) is 12.4. The summed E-state index contributed by atoms with van der Waals surface area (Å²) in [4.78, 5) is 10.8. The molecule has 0 spiro atoms. The lowest BCUT2D eigenvalue weighted by atomic mass is 9.77. The molecule has 0 aliphatic carbocycles. The molecule has 1 unspecified atom stereocenters. The fourth-order valence-corrected chi connectivity index (χ4v) is 3.42. The molecular formula is C22H22ClN3O. The van der Waals surface area contributed by atoms with Crippen molar-refractivity contribution in [3.8, 4) is 0 Å². The first kappa shape index (κ1) is 19.1. The highest BCUT2D eigenvalue weighted by Gasteiger charge is 2.36. The van der Waals surface area contributed by atoms with Crippen molar-refractivity contribution in [1.82, 2.24) is 10.6 Å². The van der Waals surface area contributed by atoms with Gasteiger partial charge >= 0.3 is 0 Å². The second-order valence-corrected chi connectivity index (χ2v) is 6.70. The molecule has 4 nitrogen and oxygen atoms in total. The van der Waals surface area contributed by atoms with E-state index in [4.69, 9.17) is 17.3 Å². The highest BCUT2D eigenvalue weighted by Crippen LogP contribution is 2.37. The van der Waals surface area contributed by atoms with Crippen LogP contribution in [0.15, 0.2) is 84.9 Å². The number of hydrogen-bond donors (Lipinski definition) is 3. The minimum Gasteiger partial charge on any atom is -0.342 e.